The third-order valence-electron chi connectivity index (χ3n) is 2.94. The van der Waals surface area contributed by atoms with E-state index in [0.29, 0.717) is 11.0 Å². The van der Waals surface area contributed by atoms with E-state index in [0.717, 1.165) is 11.1 Å². The van der Waals surface area contributed by atoms with Crippen molar-refractivity contribution in [3.8, 4) is 11.1 Å². The number of pyridine rings is 2. The number of carbonyl (C=O) groups is 1. The first-order chi connectivity index (χ1) is 9.18. The van der Waals surface area contributed by atoms with Crippen molar-refractivity contribution in [2.24, 2.45) is 0 Å². The van der Waals surface area contributed by atoms with Gasteiger partial charge in [0, 0.05) is 18.6 Å². The minimum atomic E-state index is -1.10. The van der Waals surface area contributed by atoms with Crippen LogP contribution in [0.15, 0.2) is 36.8 Å². The molecule has 0 atom stereocenters. The van der Waals surface area contributed by atoms with Gasteiger partial charge in [-0.2, -0.15) is 0 Å². The number of aromatic nitrogens is 3. The lowest BCUT2D eigenvalue weighted by molar-refractivity contribution is 0.0692. The lowest BCUT2D eigenvalue weighted by Crippen LogP contribution is -2.00. The Hall–Kier alpha value is -2.89. The fraction of sp³-hybridized carbons (Fsp3) is 0. The van der Waals surface area contributed by atoms with Gasteiger partial charge < -0.3 is 15.8 Å². The molecule has 19 heavy (non-hydrogen) atoms. The molecule has 0 fully saturated rings. The maximum Gasteiger partial charge on any atom is 0.354 e. The molecule has 0 unspecified atom stereocenters. The molecule has 0 saturated carbocycles. The van der Waals surface area contributed by atoms with Gasteiger partial charge in [-0.05, 0) is 29.3 Å². The zero-order chi connectivity index (χ0) is 13.4. The Balaban J connectivity index is 2.35. The van der Waals surface area contributed by atoms with Crippen LogP contribution in [0.2, 0.25) is 0 Å². The highest BCUT2D eigenvalue weighted by Gasteiger charge is 2.18. The van der Waals surface area contributed by atoms with Crippen LogP contribution in [0, 0.1) is 0 Å². The highest BCUT2D eigenvalue weighted by Crippen LogP contribution is 2.33. The molecule has 0 amide bonds. The Morgan fingerprint density at radius 3 is 2.63 bits per heavy atom. The maximum absolute atomic E-state index is 11.1. The van der Waals surface area contributed by atoms with Crippen LogP contribution in [0.25, 0.3) is 22.2 Å². The van der Waals surface area contributed by atoms with E-state index in [9.17, 15) is 4.79 Å². The van der Waals surface area contributed by atoms with Gasteiger partial charge in [0.05, 0.1) is 11.1 Å². The van der Waals surface area contributed by atoms with Gasteiger partial charge in [0.15, 0.2) is 0 Å². The molecule has 3 aromatic rings. The number of hydrogen-bond acceptors (Lipinski definition) is 4. The summed E-state index contributed by atoms with van der Waals surface area (Å²) < 4.78 is 0. The number of aromatic amines is 1. The molecule has 0 saturated heterocycles. The number of carboxylic acid groups (broad SMARTS) is 1. The minimum absolute atomic E-state index is 0.0380. The highest BCUT2D eigenvalue weighted by molar-refractivity contribution is 6.09. The summed E-state index contributed by atoms with van der Waals surface area (Å²) in [5.41, 5.74) is 8.27. The number of nitrogens with zero attached hydrogens (tertiary/aromatic N) is 2. The van der Waals surface area contributed by atoms with Crippen LogP contribution >= 0.6 is 0 Å². The van der Waals surface area contributed by atoms with E-state index in [-0.39, 0.29) is 11.4 Å². The summed E-state index contributed by atoms with van der Waals surface area (Å²) in [7, 11) is 0. The van der Waals surface area contributed by atoms with Crippen LogP contribution in [0.5, 0.6) is 0 Å². The second-order valence-electron chi connectivity index (χ2n) is 4.04. The van der Waals surface area contributed by atoms with Crippen molar-refractivity contribution in [2.45, 2.75) is 0 Å². The van der Waals surface area contributed by atoms with E-state index < -0.39 is 5.97 Å². The van der Waals surface area contributed by atoms with E-state index >= 15 is 0 Å². The Morgan fingerprint density at radius 1 is 1.21 bits per heavy atom. The molecule has 94 valence electrons. The molecular formula is C13H10N4O2. The van der Waals surface area contributed by atoms with Crippen molar-refractivity contribution in [3.05, 3.63) is 42.5 Å². The van der Waals surface area contributed by atoms with Crippen LogP contribution in [0.3, 0.4) is 0 Å². The Kier molecular flexibility index (Phi) is 2.42. The van der Waals surface area contributed by atoms with Crippen LogP contribution in [-0.2, 0) is 0 Å². The maximum atomic E-state index is 11.1. The van der Waals surface area contributed by atoms with Gasteiger partial charge in [-0.15, -0.1) is 0 Å². The number of hydrogen-bond donors (Lipinski definition) is 3. The number of aromatic carboxylic acids is 1. The fourth-order valence-corrected chi connectivity index (χ4v) is 2.08. The third kappa shape index (κ3) is 1.70. The molecule has 0 bridgehead atoms. The van der Waals surface area contributed by atoms with E-state index in [4.69, 9.17) is 10.8 Å². The van der Waals surface area contributed by atoms with Crippen LogP contribution < -0.4 is 5.73 Å². The van der Waals surface area contributed by atoms with E-state index in [1.54, 1.807) is 24.7 Å². The minimum Gasteiger partial charge on any atom is -0.477 e. The van der Waals surface area contributed by atoms with Crippen molar-refractivity contribution < 1.29 is 9.90 Å². The predicted molar refractivity (Wildman–Crippen MR) is 70.7 cm³/mol. The van der Waals surface area contributed by atoms with Crippen molar-refractivity contribution in [2.75, 3.05) is 5.73 Å². The molecule has 3 aromatic heterocycles. The quantitative estimate of drug-likeness (QED) is 0.647. The monoisotopic (exact) mass is 254 g/mol. The van der Waals surface area contributed by atoms with Crippen LogP contribution in [0.1, 0.15) is 10.5 Å². The van der Waals surface area contributed by atoms with Crippen molar-refractivity contribution >= 4 is 22.7 Å². The standard InChI is InChI=1S/C13H10N4O2/c14-10-9-8(7-1-4-15-5-2-7)3-6-16-12(9)17-11(10)13(18)19/h1-6H,14H2,(H,16,17)(H,18,19). The smallest absolute Gasteiger partial charge is 0.354 e. The molecule has 6 heteroatoms. The number of fused-ring (bicyclic) bond motifs is 1. The lowest BCUT2D eigenvalue weighted by Gasteiger charge is -2.03. The number of nitrogens with two attached hydrogens (primary N) is 1. The van der Waals surface area contributed by atoms with E-state index in [2.05, 4.69) is 15.0 Å². The summed E-state index contributed by atoms with van der Waals surface area (Å²) in [6.07, 6.45) is 4.95. The molecule has 0 aliphatic carbocycles. The van der Waals surface area contributed by atoms with Crippen molar-refractivity contribution in [3.63, 3.8) is 0 Å². The van der Waals surface area contributed by atoms with Crippen molar-refractivity contribution in [1.82, 2.24) is 15.0 Å². The summed E-state index contributed by atoms with van der Waals surface area (Å²) in [6, 6.07) is 5.47. The highest BCUT2D eigenvalue weighted by atomic mass is 16.4. The summed E-state index contributed by atoms with van der Waals surface area (Å²) >= 11 is 0. The second kappa shape index (κ2) is 4.09. The first-order valence-electron chi connectivity index (χ1n) is 5.58. The molecule has 4 N–H and O–H groups in total. The molecule has 3 rings (SSSR count). The topological polar surface area (TPSA) is 105 Å². The number of H-pyrrole nitrogens is 1. The van der Waals surface area contributed by atoms with Crippen LogP contribution in [0.4, 0.5) is 5.69 Å². The average Bonchev–Trinajstić information content (AvgIpc) is 2.78. The summed E-state index contributed by atoms with van der Waals surface area (Å²) in [5, 5.41) is 9.70. The van der Waals surface area contributed by atoms with E-state index in [1.165, 1.54) is 0 Å². The Morgan fingerprint density at radius 2 is 1.95 bits per heavy atom. The number of nitrogens with one attached hydrogen (secondary N) is 1. The van der Waals surface area contributed by atoms with Gasteiger partial charge in [-0.1, -0.05) is 0 Å². The number of carboxylic acids is 1. The largest absolute Gasteiger partial charge is 0.477 e. The zero-order valence-electron chi connectivity index (χ0n) is 9.79. The van der Waals surface area contributed by atoms with Crippen molar-refractivity contribution in [1.29, 1.82) is 0 Å². The third-order valence-corrected chi connectivity index (χ3v) is 2.94. The molecule has 0 aromatic carbocycles. The zero-order valence-corrected chi connectivity index (χ0v) is 9.79. The van der Waals surface area contributed by atoms with E-state index in [1.807, 2.05) is 12.1 Å². The summed E-state index contributed by atoms with van der Waals surface area (Å²) in [6.45, 7) is 0. The molecule has 0 aliphatic heterocycles. The van der Waals surface area contributed by atoms with Gasteiger partial charge in [0.25, 0.3) is 0 Å². The number of anilines is 1. The average molecular weight is 254 g/mol. The number of rotatable bonds is 2. The molecule has 0 spiro atoms. The molecule has 3 heterocycles. The van der Waals surface area contributed by atoms with Gasteiger partial charge in [0.2, 0.25) is 0 Å². The lowest BCUT2D eigenvalue weighted by atomic mass is 10.0. The predicted octanol–water partition coefficient (Wildman–Crippen LogP) is 1.91. The molecular weight excluding hydrogens is 244 g/mol. The first kappa shape index (κ1) is 11.2. The first-order valence-corrected chi connectivity index (χ1v) is 5.58. The normalized spacial score (nSPS) is 10.7. The second-order valence-corrected chi connectivity index (χ2v) is 4.04. The molecule has 6 nitrogen and oxygen atoms in total. The van der Waals surface area contributed by atoms with Gasteiger partial charge >= 0.3 is 5.97 Å². The van der Waals surface area contributed by atoms with Crippen LogP contribution in [-0.4, -0.2) is 26.0 Å². The summed E-state index contributed by atoms with van der Waals surface area (Å²) in [5.74, 6) is -1.10. The Labute approximate surface area is 107 Å². The fourth-order valence-electron chi connectivity index (χ4n) is 2.08. The van der Waals surface area contributed by atoms with Gasteiger partial charge in [-0.3, -0.25) is 4.98 Å². The van der Waals surface area contributed by atoms with Gasteiger partial charge in [0.1, 0.15) is 11.3 Å². The molecule has 0 aliphatic rings. The SMILES string of the molecule is Nc1c(C(=O)O)[nH]c2nccc(-c3ccncc3)c12. The summed E-state index contributed by atoms with van der Waals surface area (Å²) in [4.78, 5) is 21.9. The van der Waals surface area contributed by atoms with Gasteiger partial charge in [-0.25, -0.2) is 9.78 Å². The Bertz CT molecular complexity index is 765. The number of nitrogen functional groups attached to an aromatic ring is 1. The molecule has 0 radical (unpaired) electrons.